The van der Waals surface area contributed by atoms with Crippen LogP contribution in [0.15, 0.2) is 42.2 Å². The zero-order chi connectivity index (χ0) is 23.2. The number of anilines is 3. The molecular formula is C24H24N6O3S. The fraction of sp³-hybridized carbons (Fsp3) is 0.333. The first-order valence-corrected chi connectivity index (χ1v) is 12.1. The van der Waals surface area contributed by atoms with E-state index in [1.165, 1.54) is 6.33 Å². The number of carbonyl (C=O) groups is 1. The number of thiazole rings is 1. The van der Waals surface area contributed by atoms with Gasteiger partial charge in [0, 0.05) is 37.8 Å². The molecule has 2 fully saturated rings. The second-order valence-corrected chi connectivity index (χ2v) is 9.58. The Balaban J connectivity index is 1.43. The second-order valence-electron chi connectivity index (χ2n) is 8.70. The molecule has 0 spiro atoms. The van der Waals surface area contributed by atoms with Gasteiger partial charge in [-0.3, -0.25) is 4.90 Å². The van der Waals surface area contributed by atoms with E-state index in [1.807, 2.05) is 36.8 Å². The highest BCUT2D eigenvalue weighted by molar-refractivity contribution is 7.16. The van der Waals surface area contributed by atoms with Crippen LogP contribution in [0.3, 0.4) is 0 Å². The van der Waals surface area contributed by atoms with E-state index in [1.54, 1.807) is 21.1 Å². The summed E-state index contributed by atoms with van der Waals surface area (Å²) < 4.78 is 12.9. The van der Waals surface area contributed by atoms with Gasteiger partial charge in [0.25, 0.3) is 0 Å². The van der Waals surface area contributed by atoms with Gasteiger partial charge in [0.15, 0.2) is 0 Å². The van der Waals surface area contributed by atoms with Crippen molar-refractivity contribution in [1.29, 1.82) is 0 Å². The van der Waals surface area contributed by atoms with Gasteiger partial charge in [-0.2, -0.15) is 0 Å². The number of aromatic nitrogens is 3. The maximum absolute atomic E-state index is 12.7. The van der Waals surface area contributed by atoms with E-state index in [4.69, 9.17) is 9.47 Å². The molecule has 10 heteroatoms. The van der Waals surface area contributed by atoms with Gasteiger partial charge in [-0.1, -0.05) is 0 Å². The summed E-state index contributed by atoms with van der Waals surface area (Å²) in [5.74, 6) is 1.63. The summed E-state index contributed by atoms with van der Waals surface area (Å²) in [6.07, 6.45) is 1.48. The number of ether oxygens (including phenoxy) is 2. The van der Waals surface area contributed by atoms with Crippen LogP contribution in [-0.4, -0.2) is 65.3 Å². The number of likely N-dealkylation sites (N-methyl/N-ethyl adjacent to an activating group) is 1. The Morgan fingerprint density at radius 3 is 2.79 bits per heavy atom. The van der Waals surface area contributed by atoms with E-state index in [0.29, 0.717) is 49.3 Å². The van der Waals surface area contributed by atoms with Crippen molar-refractivity contribution in [3.8, 4) is 5.75 Å². The fourth-order valence-electron chi connectivity index (χ4n) is 4.26. The number of nitrogens with zero attached hydrogens (tertiary/aromatic N) is 5. The van der Waals surface area contributed by atoms with Gasteiger partial charge in [0.1, 0.15) is 24.0 Å². The lowest BCUT2D eigenvalue weighted by Gasteiger charge is -2.32. The summed E-state index contributed by atoms with van der Waals surface area (Å²) in [7, 11) is 1.81. The lowest BCUT2D eigenvalue weighted by molar-refractivity contribution is -0.0773. The SMILES string of the molecule is CC(Oc1cc(N2CCN(C)C2=O)cc2ncnc(Nc3ccc4ncsc4c3)c12)C1COC1. The predicted octanol–water partition coefficient (Wildman–Crippen LogP) is 4.27. The van der Waals surface area contributed by atoms with Crippen LogP contribution in [0.5, 0.6) is 5.75 Å². The monoisotopic (exact) mass is 476 g/mol. The highest BCUT2D eigenvalue weighted by Gasteiger charge is 2.30. The quantitative estimate of drug-likeness (QED) is 0.444. The van der Waals surface area contributed by atoms with Crippen LogP contribution in [0.25, 0.3) is 21.1 Å². The molecule has 1 atom stereocenters. The minimum absolute atomic E-state index is 0.0315. The molecular weight excluding hydrogens is 452 g/mol. The predicted molar refractivity (Wildman–Crippen MR) is 132 cm³/mol. The Hall–Kier alpha value is -3.50. The molecule has 1 N–H and O–H groups in total. The van der Waals surface area contributed by atoms with Crippen molar-refractivity contribution < 1.29 is 14.3 Å². The third-order valence-corrected chi connectivity index (χ3v) is 7.24. The van der Waals surface area contributed by atoms with Gasteiger partial charge >= 0.3 is 6.03 Å². The standard InChI is InChI=1S/C24H24N6O3S/c1-14(15-10-32-11-15)33-20-9-17(30-6-5-29(2)24(30)31)8-19-22(20)23(26-12-25-19)28-16-3-4-18-21(7-16)34-13-27-18/h3-4,7-9,12-15H,5-6,10-11H2,1-2H3,(H,25,26,28). The third-order valence-electron chi connectivity index (χ3n) is 6.45. The third kappa shape index (κ3) is 3.68. The number of hydrogen-bond donors (Lipinski definition) is 1. The lowest BCUT2D eigenvalue weighted by atomic mass is 10.0. The number of hydrogen-bond acceptors (Lipinski definition) is 8. The molecule has 34 heavy (non-hydrogen) atoms. The summed E-state index contributed by atoms with van der Waals surface area (Å²) >= 11 is 1.59. The Morgan fingerprint density at radius 2 is 2.03 bits per heavy atom. The Bertz CT molecular complexity index is 1390. The Morgan fingerprint density at radius 1 is 1.15 bits per heavy atom. The summed E-state index contributed by atoms with van der Waals surface area (Å²) in [6.45, 7) is 4.72. The maximum atomic E-state index is 12.7. The molecule has 2 aromatic heterocycles. The smallest absolute Gasteiger partial charge is 0.324 e. The Kier molecular flexibility index (Phi) is 5.19. The number of fused-ring (bicyclic) bond motifs is 2. The molecule has 2 aliphatic heterocycles. The van der Waals surface area contributed by atoms with E-state index in [9.17, 15) is 4.79 Å². The summed E-state index contributed by atoms with van der Waals surface area (Å²) in [4.78, 5) is 29.6. The van der Waals surface area contributed by atoms with Crippen molar-refractivity contribution in [3.63, 3.8) is 0 Å². The first kappa shape index (κ1) is 21.1. The molecule has 2 saturated heterocycles. The zero-order valence-corrected chi connectivity index (χ0v) is 19.7. The summed E-state index contributed by atoms with van der Waals surface area (Å²) in [5.41, 5.74) is 5.19. The van der Waals surface area contributed by atoms with Crippen molar-refractivity contribution in [2.45, 2.75) is 13.0 Å². The highest BCUT2D eigenvalue weighted by Crippen LogP contribution is 2.38. The van der Waals surface area contributed by atoms with Crippen LogP contribution in [0.2, 0.25) is 0 Å². The van der Waals surface area contributed by atoms with Crippen LogP contribution in [0.1, 0.15) is 6.92 Å². The average Bonchev–Trinajstić information content (AvgIpc) is 3.38. The molecule has 6 rings (SSSR count). The van der Waals surface area contributed by atoms with Gasteiger partial charge in [-0.25, -0.2) is 19.7 Å². The number of amides is 2. The number of carbonyl (C=O) groups excluding carboxylic acids is 1. The van der Waals surface area contributed by atoms with Crippen molar-refractivity contribution in [1.82, 2.24) is 19.9 Å². The van der Waals surface area contributed by atoms with Gasteiger partial charge < -0.3 is 19.7 Å². The Labute approximate surface area is 200 Å². The number of benzene rings is 2. The van der Waals surface area contributed by atoms with E-state index in [0.717, 1.165) is 27.0 Å². The van der Waals surface area contributed by atoms with E-state index in [-0.39, 0.29) is 12.1 Å². The van der Waals surface area contributed by atoms with Crippen LogP contribution >= 0.6 is 11.3 Å². The number of urea groups is 1. The van der Waals surface area contributed by atoms with E-state index in [2.05, 4.69) is 33.3 Å². The molecule has 0 radical (unpaired) electrons. The largest absolute Gasteiger partial charge is 0.489 e. The van der Waals surface area contributed by atoms with Gasteiger partial charge in [-0.15, -0.1) is 11.3 Å². The minimum atomic E-state index is -0.0502. The van der Waals surface area contributed by atoms with Crippen molar-refractivity contribution in [2.24, 2.45) is 5.92 Å². The highest BCUT2D eigenvalue weighted by atomic mass is 32.1. The van der Waals surface area contributed by atoms with Crippen LogP contribution in [0, 0.1) is 5.92 Å². The van der Waals surface area contributed by atoms with E-state index >= 15 is 0 Å². The van der Waals surface area contributed by atoms with Crippen molar-refractivity contribution in [3.05, 3.63) is 42.2 Å². The zero-order valence-electron chi connectivity index (χ0n) is 18.9. The molecule has 0 bridgehead atoms. The van der Waals surface area contributed by atoms with E-state index < -0.39 is 0 Å². The molecule has 2 amide bonds. The number of rotatable bonds is 6. The minimum Gasteiger partial charge on any atom is -0.489 e. The molecule has 2 aliphatic rings. The second kappa shape index (κ2) is 8.37. The molecule has 1 unspecified atom stereocenters. The molecule has 0 aliphatic carbocycles. The van der Waals surface area contributed by atoms with Gasteiger partial charge in [0.05, 0.1) is 45.5 Å². The molecule has 174 valence electrons. The average molecular weight is 477 g/mol. The van der Waals surface area contributed by atoms with Gasteiger partial charge in [-0.05, 0) is 31.2 Å². The molecule has 4 heterocycles. The first-order valence-electron chi connectivity index (χ1n) is 11.2. The van der Waals surface area contributed by atoms with Gasteiger partial charge in [0.2, 0.25) is 0 Å². The normalized spacial score (nSPS) is 17.4. The van der Waals surface area contributed by atoms with Crippen LogP contribution in [-0.2, 0) is 4.74 Å². The van der Waals surface area contributed by atoms with Crippen LogP contribution < -0.4 is 15.0 Å². The molecule has 4 aromatic rings. The lowest BCUT2D eigenvalue weighted by Crippen LogP contribution is -2.39. The molecule has 9 nitrogen and oxygen atoms in total. The number of nitrogens with one attached hydrogen (secondary N) is 1. The fourth-order valence-corrected chi connectivity index (χ4v) is 4.98. The topological polar surface area (TPSA) is 92.7 Å². The molecule has 0 saturated carbocycles. The summed E-state index contributed by atoms with van der Waals surface area (Å²) in [6, 6.07) is 9.85. The summed E-state index contributed by atoms with van der Waals surface area (Å²) in [5, 5.41) is 4.22. The van der Waals surface area contributed by atoms with Crippen molar-refractivity contribution >= 4 is 55.7 Å². The maximum Gasteiger partial charge on any atom is 0.324 e. The first-order chi connectivity index (χ1) is 16.6. The molecule has 2 aromatic carbocycles. The van der Waals surface area contributed by atoms with Crippen LogP contribution in [0.4, 0.5) is 22.0 Å². The van der Waals surface area contributed by atoms with Crippen molar-refractivity contribution in [2.75, 3.05) is 43.6 Å².